The Hall–Kier alpha value is -1.96. The third-order valence-electron chi connectivity index (χ3n) is 3.59. The van der Waals surface area contributed by atoms with Gasteiger partial charge in [0.25, 0.3) is 0 Å². The fourth-order valence-corrected chi connectivity index (χ4v) is 2.34. The quantitative estimate of drug-likeness (QED) is 0.349. The van der Waals surface area contributed by atoms with Gasteiger partial charge >= 0.3 is 0 Å². The van der Waals surface area contributed by atoms with Crippen molar-refractivity contribution in [2.45, 2.75) is 26.9 Å². The number of guanidine groups is 1. The number of hydrogen-bond acceptors (Lipinski definition) is 3. The SMILES string of the molecule is CCNC(=NCc1cccc(OCC)c1)NCc1ccc(OC)cc1.I. The summed E-state index contributed by atoms with van der Waals surface area (Å²) in [6.45, 7) is 6.82. The number of benzene rings is 2. The number of methoxy groups -OCH3 is 1. The third kappa shape index (κ3) is 7.51. The predicted molar refractivity (Wildman–Crippen MR) is 118 cm³/mol. The first kappa shape index (κ1) is 22.1. The highest BCUT2D eigenvalue weighted by atomic mass is 127. The molecule has 0 aliphatic heterocycles. The van der Waals surface area contributed by atoms with E-state index in [1.165, 1.54) is 5.56 Å². The van der Waals surface area contributed by atoms with E-state index in [2.05, 4.69) is 28.6 Å². The molecule has 0 aliphatic carbocycles. The molecule has 5 nitrogen and oxygen atoms in total. The zero-order chi connectivity index (χ0) is 17.9. The summed E-state index contributed by atoms with van der Waals surface area (Å²) in [4.78, 5) is 4.65. The molecule has 0 amide bonds. The van der Waals surface area contributed by atoms with Gasteiger partial charge < -0.3 is 20.1 Å². The Bertz CT molecular complexity index is 675. The molecule has 142 valence electrons. The van der Waals surface area contributed by atoms with Crippen LogP contribution >= 0.6 is 24.0 Å². The molecule has 2 N–H and O–H groups in total. The van der Waals surface area contributed by atoms with Crippen LogP contribution in [0.2, 0.25) is 0 Å². The smallest absolute Gasteiger partial charge is 0.191 e. The van der Waals surface area contributed by atoms with Crippen LogP contribution in [0.3, 0.4) is 0 Å². The lowest BCUT2D eigenvalue weighted by molar-refractivity contribution is 0.340. The Labute approximate surface area is 173 Å². The highest BCUT2D eigenvalue weighted by Gasteiger charge is 2.00. The maximum Gasteiger partial charge on any atom is 0.191 e. The number of hydrogen-bond donors (Lipinski definition) is 2. The summed E-state index contributed by atoms with van der Waals surface area (Å²) in [5.74, 6) is 2.53. The minimum Gasteiger partial charge on any atom is -0.497 e. The van der Waals surface area contributed by atoms with Gasteiger partial charge in [0.15, 0.2) is 5.96 Å². The molecule has 26 heavy (non-hydrogen) atoms. The highest BCUT2D eigenvalue weighted by Crippen LogP contribution is 2.14. The van der Waals surface area contributed by atoms with Crippen molar-refractivity contribution in [1.29, 1.82) is 0 Å². The molecular formula is C20H28IN3O2. The van der Waals surface area contributed by atoms with Crippen LogP contribution in [0.4, 0.5) is 0 Å². The van der Waals surface area contributed by atoms with Gasteiger partial charge in [-0.05, 0) is 49.2 Å². The molecule has 2 aromatic carbocycles. The minimum atomic E-state index is 0. The van der Waals surface area contributed by atoms with E-state index in [1.807, 2.05) is 49.4 Å². The summed E-state index contributed by atoms with van der Waals surface area (Å²) in [7, 11) is 1.67. The van der Waals surface area contributed by atoms with Gasteiger partial charge in [-0.1, -0.05) is 24.3 Å². The molecule has 0 saturated heterocycles. The Morgan fingerprint density at radius 2 is 1.73 bits per heavy atom. The summed E-state index contributed by atoms with van der Waals surface area (Å²) in [5.41, 5.74) is 2.29. The van der Waals surface area contributed by atoms with E-state index >= 15 is 0 Å². The third-order valence-corrected chi connectivity index (χ3v) is 3.59. The van der Waals surface area contributed by atoms with Crippen LogP contribution < -0.4 is 20.1 Å². The van der Waals surface area contributed by atoms with Crippen molar-refractivity contribution >= 4 is 29.9 Å². The van der Waals surface area contributed by atoms with Gasteiger partial charge in [0.1, 0.15) is 11.5 Å². The molecule has 0 aliphatic rings. The number of rotatable bonds is 8. The van der Waals surface area contributed by atoms with Gasteiger partial charge in [0, 0.05) is 13.1 Å². The van der Waals surface area contributed by atoms with Crippen LogP contribution in [0, 0.1) is 0 Å². The Kier molecular flexibility index (Phi) is 10.5. The molecule has 2 rings (SSSR count). The molecule has 6 heteroatoms. The van der Waals surface area contributed by atoms with Gasteiger partial charge in [-0.15, -0.1) is 24.0 Å². The average Bonchev–Trinajstić information content (AvgIpc) is 2.65. The summed E-state index contributed by atoms with van der Waals surface area (Å²) in [6.07, 6.45) is 0. The van der Waals surface area contributed by atoms with Crippen molar-refractivity contribution in [2.75, 3.05) is 20.3 Å². The molecule has 0 atom stereocenters. The summed E-state index contributed by atoms with van der Waals surface area (Å²) < 4.78 is 10.7. The number of aliphatic imine (C=N–C) groups is 1. The van der Waals surface area contributed by atoms with E-state index in [1.54, 1.807) is 7.11 Å². The normalized spacial score (nSPS) is 10.7. The molecule has 0 unspecified atom stereocenters. The molecule has 0 fully saturated rings. The fraction of sp³-hybridized carbons (Fsp3) is 0.350. The zero-order valence-corrected chi connectivity index (χ0v) is 17.9. The van der Waals surface area contributed by atoms with Crippen molar-refractivity contribution in [3.8, 4) is 11.5 Å². The van der Waals surface area contributed by atoms with Gasteiger partial charge in [0.05, 0.1) is 20.3 Å². The minimum absolute atomic E-state index is 0. The van der Waals surface area contributed by atoms with Crippen molar-refractivity contribution in [1.82, 2.24) is 10.6 Å². The van der Waals surface area contributed by atoms with Crippen LogP contribution in [-0.4, -0.2) is 26.2 Å². The maximum atomic E-state index is 5.54. The molecule has 0 spiro atoms. The molecular weight excluding hydrogens is 441 g/mol. The topological polar surface area (TPSA) is 54.9 Å². The standard InChI is InChI=1S/C20H27N3O2.HI/c1-4-21-20(22-14-16-9-11-18(24-3)12-10-16)23-15-17-7-6-8-19(13-17)25-5-2;/h6-13H,4-5,14-15H2,1-3H3,(H2,21,22,23);1H. The molecule has 0 aromatic heterocycles. The highest BCUT2D eigenvalue weighted by molar-refractivity contribution is 14.0. The lowest BCUT2D eigenvalue weighted by atomic mass is 10.2. The fourth-order valence-electron chi connectivity index (χ4n) is 2.34. The summed E-state index contributed by atoms with van der Waals surface area (Å²) >= 11 is 0. The molecule has 0 radical (unpaired) electrons. The van der Waals surface area contributed by atoms with Crippen molar-refractivity contribution in [3.05, 3.63) is 59.7 Å². The van der Waals surface area contributed by atoms with Crippen LogP contribution in [0.1, 0.15) is 25.0 Å². The van der Waals surface area contributed by atoms with Gasteiger partial charge in [-0.3, -0.25) is 0 Å². The van der Waals surface area contributed by atoms with Gasteiger partial charge in [-0.2, -0.15) is 0 Å². The lowest BCUT2D eigenvalue weighted by Gasteiger charge is -2.12. The van der Waals surface area contributed by atoms with E-state index in [-0.39, 0.29) is 24.0 Å². The molecule has 0 bridgehead atoms. The van der Waals surface area contributed by atoms with E-state index in [0.29, 0.717) is 19.7 Å². The summed E-state index contributed by atoms with van der Waals surface area (Å²) in [6, 6.07) is 16.0. The van der Waals surface area contributed by atoms with E-state index < -0.39 is 0 Å². The Morgan fingerprint density at radius 1 is 0.962 bits per heavy atom. The van der Waals surface area contributed by atoms with Gasteiger partial charge in [-0.25, -0.2) is 4.99 Å². The molecule has 2 aromatic rings. The lowest BCUT2D eigenvalue weighted by Crippen LogP contribution is -2.36. The molecule has 0 saturated carbocycles. The largest absolute Gasteiger partial charge is 0.497 e. The second kappa shape index (κ2) is 12.4. The second-order valence-electron chi connectivity index (χ2n) is 5.48. The zero-order valence-electron chi connectivity index (χ0n) is 15.6. The van der Waals surface area contributed by atoms with Crippen molar-refractivity contribution in [3.63, 3.8) is 0 Å². The number of nitrogens with zero attached hydrogens (tertiary/aromatic N) is 1. The van der Waals surface area contributed by atoms with Crippen molar-refractivity contribution in [2.24, 2.45) is 4.99 Å². The number of halogens is 1. The van der Waals surface area contributed by atoms with Crippen LogP contribution in [0.5, 0.6) is 11.5 Å². The second-order valence-corrected chi connectivity index (χ2v) is 5.48. The maximum absolute atomic E-state index is 5.54. The Morgan fingerprint density at radius 3 is 2.38 bits per heavy atom. The first-order valence-electron chi connectivity index (χ1n) is 8.62. The van der Waals surface area contributed by atoms with Crippen LogP contribution in [-0.2, 0) is 13.1 Å². The van der Waals surface area contributed by atoms with E-state index in [9.17, 15) is 0 Å². The van der Waals surface area contributed by atoms with Crippen LogP contribution in [0.25, 0.3) is 0 Å². The molecule has 0 heterocycles. The first-order chi connectivity index (χ1) is 12.2. The summed E-state index contributed by atoms with van der Waals surface area (Å²) in [5, 5.41) is 6.62. The first-order valence-corrected chi connectivity index (χ1v) is 8.62. The Balaban J connectivity index is 0.00000338. The number of nitrogens with one attached hydrogen (secondary N) is 2. The van der Waals surface area contributed by atoms with E-state index in [4.69, 9.17) is 9.47 Å². The average molecular weight is 469 g/mol. The predicted octanol–water partition coefficient (Wildman–Crippen LogP) is 3.97. The number of ether oxygens (including phenoxy) is 2. The monoisotopic (exact) mass is 469 g/mol. The van der Waals surface area contributed by atoms with Gasteiger partial charge in [0.2, 0.25) is 0 Å². The van der Waals surface area contributed by atoms with Crippen LogP contribution in [0.15, 0.2) is 53.5 Å². The van der Waals surface area contributed by atoms with Crippen molar-refractivity contribution < 1.29 is 9.47 Å². The van der Waals surface area contributed by atoms with E-state index in [0.717, 1.165) is 29.6 Å².